The van der Waals surface area contributed by atoms with E-state index >= 15 is 0 Å². The maximum Gasteiger partial charge on any atom is 0.175 e. The predicted molar refractivity (Wildman–Crippen MR) is 82.6 cm³/mol. The molecule has 0 heterocycles. The van der Waals surface area contributed by atoms with E-state index in [2.05, 4.69) is 19.2 Å². The van der Waals surface area contributed by atoms with Crippen molar-refractivity contribution in [2.45, 2.75) is 42.5 Å². The van der Waals surface area contributed by atoms with Gasteiger partial charge in [0.25, 0.3) is 0 Å². The highest BCUT2D eigenvalue weighted by atomic mass is 32.2. The number of nitrogens with one attached hydrogen (secondary N) is 1. The minimum Gasteiger partial charge on any atom is -0.314 e. The van der Waals surface area contributed by atoms with Gasteiger partial charge in [0.2, 0.25) is 0 Å². The summed E-state index contributed by atoms with van der Waals surface area (Å²) in [6, 6.07) is 7.64. The number of rotatable bonds is 8. The minimum atomic E-state index is -3.08. The number of hydrogen-bond donors (Lipinski definition) is 1. The zero-order chi connectivity index (χ0) is 14.3. The molecule has 0 saturated heterocycles. The first-order valence-corrected chi connectivity index (χ1v) is 9.47. The van der Waals surface area contributed by atoms with Crippen LogP contribution in [0.5, 0.6) is 0 Å². The van der Waals surface area contributed by atoms with Crippen LogP contribution in [0.3, 0.4) is 0 Å². The molecule has 108 valence electrons. The molecule has 1 N–H and O–H groups in total. The van der Waals surface area contributed by atoms with Crippen molar-refractivity contribution >= 4 is 21.6 Å². The molecular formula is C14H23NO2S2. The summed E-state index contributed by atoms with van der Waals surface area (Å²) in [7, 11) is -3.08. The van der Waals surface area contributed by atoms with E-state index in [1.54, 1.807) is 23.9 Å². The van der Waals surface area contributed by atoms with Crippen LogP contribution in [-0.4, -0.2) is 33.0 Å². The van der Waals surface area contributed by atoms with Crippen LogP contribution >= 0.6 is 11.8 Å². The molecule has 0 aromatic heterocycles. The zero-order valence-corrected chi connectivity index (χ0v) is 13.5. The zero-order valence-electron chi connectivity index (χ0n) is 11.8. The van der Waals surface area contributed by atoms with E-state index in [9.17, 15) is 8.42 Å². The van der Waals surface area contributed by atoms with Crippen LogP contribution < -0.4 is 5.32 Å². The summed E-state index contributed by atoms with van der Waals surface area (Å²) < 4.78 is 22.7. The van der Waals surface area contributed by atoms with Crippen molar-refractivity contribution < 1.29 is 8.42 Å². The van der Waals surface area contributed by atoms with E-state index in [1.807, 2.05) is 12.1 Å². The lowest BCUT2D eigenvalue weighted by atomic mass is 10.2. The van der Waals surface area contributed by atoms with Crippen LogP contribution in [-0.2, 0) is 9.84 Å². The highest BCUT2D eigenvalue weighted by Gasteiger charge is 2.06. The molecule has 0 amide bonds. The third kappa shape index (κ3) is 6.45. The van der Waals surface area contributed by atoms with Gasteiger partial charge in [-0.05, 0) is 56.3 Å². The van der Waals surface area contributed by atoms with E-state index in [0.717, 1.165) is 30.0 Å². The SMILES string of the molecule is CCCNC(C)CCSc1ccc(S(C)(=O)=O)cc1. The first-order valence-electron chi connectivity index (χ1n) is 6.59. The lowest BCUT2D eigenvalue weighted by Gasteiger charge is -2.12. The quantitative estimate of drug-likeness (QED) is 0.750. The van der Waals surface area contributed by atoms with Gasteiger partial charge in [0.1, 0.15) is 0 Å². The first kappa shape index (κ1) is 16.5. The second-order valence-electron chi connectivity index (χ2n) is 4.74. The summed E-state index contributed by atoms with van der Waals surface area (Å²) >= 11 is 1.77. The molecular weight excluding hydrogens is 278 g/mol. The fraction of sp³-hybridized carbons (Fsp3) is 0.571. The lowest BCUT2D eigenvalue weighted by molar-refractivity contribution is 0.536. The molecule has 0 saturated carbocycles. The van der Waals surface area contributed by atoms with E-state index in [0.29, 0.717) is 10.9 Å². The maximum atomic E-state index is 11.3. The van der Waals surface area contributed by atoms with Gasteiger partial charge in [-0.25, -0.2) is 8.42 Å². The molecule has 0 aliphatic rings. The fourth-order valence-electron chi connectivity index (χ4n) is 1.63. The molecule has 1 atom stereocenters. The number of benzene rings is 1. The number of sulfone groups is 1. The molecule has 3 nitrogen and oxygen atoms in total. The molecule has 0 fully saturated rings. The molecule has 1 unspecified atom stereocenters. The highest BCUT2D eigenvalue weighted by molar-refractivity contribution is 7.99. The summed E-state index contributed by atoms with van der Waals surface area (Å²) in [4.78, 5) is 1.50. The lowest BCUT2D eigenvalue weighted by Crippen LogP contribution is -2.27. The molecule has 1 aromatic rings. The minimum absolute atomic E-state index is 0.384. The molecule has 19 heavy (non-hydrogen) atoms. The summed E-state index contributed by atoms with van der Waals surface area (Å²) in [5.41, 5.74) is 0. The van der Waals surface area contributed by atoms with Crippen molar-refractivity contribution in [1.82, 2.24) is 5.32 Å². The Kier molecular flexibility index (Phi) is 6.89. The van der Waals surface area contributed by atoms with Gasteiger partial charge in [-0.3, -0.25) is 0 Å². The molecule has 0 bridgehead atoms. The van der Waals surface area contributed by atoms with Gasteiger partial charge in [0, 0.05) is 17.2 Å². The van der Waals surface area contributed by atoms with E-state index in [-0.39, 0.29) is 0 Å². The van der Waals surface area contributed by atoms with Gasteiger partial charge in [0.15, 0.2) is 9.84 Å². The highest BCUT2D eigenvalue weighted by Crippen LogP contribution is 2.21. The summed E-state index contributed by atoms with van der Waals surface area (Å²) in [6.07, 6.45) is 3.50. The monoisotopic (exact) mass is 301 g/mol. The molecule has 0 aliphatic carbocycles. The fourth-order valence-corrected chi connectivity index (χ4v) is 3.30. The second-order valence-corrected chi connectivity index (χ2v) is 7.92. The normalized spacial score (nSPS) is 13.4. The number of hydrogen-bond acceptors (Lipinski definition) is 4. The van der Waals surface area contributed by atoms with Crippen LogP contribution in [0.4, 0.5) is 0 Å². The van der Waals surface area contributed by atoms with E-state index in [4.69, 9.17) is 0 Å². The van der Waals surface area contributed by atoms with Gasteiger partial charge < -0.3 is 5.32 Å². The third-order valence-corrected chi connectivity index (χ3v) is 4.99. The third-order valence-electron chi connectivity index (χ3n) is 2.81. The van der Waals surface area contributed by atoms with Crippen molar-refractivity contribution in [1.29, 1.82) is 0 Å². The van der Waals surface area contributed by atoms with E-state index < -0.39 is 9.84 Å². The van der Waals surface area contributed by atoms with Crippen molar-refractivity contribution in [2.75, 3.05) is 18.6 Å². The Labute approximate surface area is 121 Å². The Bertz CT molecular complexity index is 469. The van der Waals surface area contributed by atoms with Crippen molar-refractivity contribution in [2.24, 2.45) is 0 Å². The number of thioether (sulfide) groups is 1. The second kappa shape index (κ2) is 7.92. The van der Waals surface area contributed by atoms with Crippen LogP contribution in [0.15, 0.2) is 34.1 Å². The van der Waals surface area contributed by atoms with Crippen molar-refractivity contribution in [3.8, 4) is 0 Å². The Morgan fingerprint density at radius 3 is 2.42 bits per heavy atom. The Balaban J connectivity index is 2.38. The van der Waals surface area contributed by atoms with Gasteiger partial charge in [0.05, 0.1) is 4.90 Å². The summed E-state index contributed by atoms with van der Waals surface area (Å²) in [5.74, 6) is 1.04. The summed E-state index contributed by atoms with van der Waals surface area (Å²) in [6.45, 7) is 5.43. The van der Waals surface area contributed by atoms with Gasteiger partial charge >= 0.3 is 0 Å². The molecule has 0 radical (unpaired) electrons. The molecule has 5 heteroatoms. The first-order chi connectivity index (χ1) is 8.93. The van der Waals surface area contributed by atoms with E-state index in [1.165, 1.54) is 6.26 Å². The maximum absolute atomic E-state index is 11.3. The topological polar surface area (TPSA) is 46.2 Å². The van der Waals surface area contributed by atoms with Gasteiger partial charge in [-0.15, -0.1) is 11.8 Å². The Hall–Kier alpha value is -0.520. The van der Waals surface area contributed by atoms with Crippen LogP contribution in [0, 0.1) is 0 Å². The van der Waals surface area contributed by atoms with Crippen molar-refractivity contribution in [3.05, 3.63) is 24.3 Å². The predicted octanol–water partition coefficient (Wildman–Crippen LogP) is 2.96. The van der Waals surface area contributed by atoms with Crippen molar-refractivity contribution in [3.63, 3.8) is 0 Å². The molecule has 1 rings (SSSR count). The smallest absolute Gasteiger partial charge is 0.175 e. The molecule has 0 aliphatic heterocycles. The van der Waals surface area contributed by atoms with Gasteiger partial charge in [-0.2, -0.15) is 0 Å². The standard InChI is InChI=1S/C14H23NO2S2/c1-4-10-15-12(2)9-11-18-13-5-7-14(8-6-13)19(3,16)17/h5-8,12,15H,4,9-11H2,1-3H3. The summed E-state index contributed by atoms with van der Waals surface area (Å²) in [5, 5.41) is 3.45. The largest absolute Gasteiger partial charge is 0.314 e. The Morgan fingerprint density at radius 1 is 1.26 bits per heavy atom. The van der Waals surface area contributed by atoms with Gasteiger partial charge in [-0.1, -0.05) is 6.92 Å². The van der Waals surface area contributed by atoms with Crippen LogP contribution in [0.2, 0.25) is 0 Å². The van der Waals surface area contributed by atoms with Crippen LogP contribution in [0.1, 0.15) is 26.7 Å². The Morgan fingerprint density at radius 2 is 1.89 bits per heavy atom. The average molecular weight is 301 g/mol. The molecule has 0 spiro atoms. The van der Waals surface area contributed by atoms with Crippen LogP contribution in [0.25, 0.3) is 0 Å². The molecule has 1 aromatic carbocycles. The average Bonchev–Trinajstić information content (AvgIpc) is 2.36.